The van der Waals surface area contributed by atoms with Crippen LogP contribution in [-0.2, 0) is 9.59 Å². The van der Waals surface area contributed by atoms with Gasteiger partial charge in [0.15, 0.2) is 0 Å². The lowest BCUT2D eigenvalue weighted by atomic mass is 9.79. The van der Waals surface area contributed by atoms with Gasteiger partial charge < -0.3 is 10.4 Å². The average molecular weight is 271 g/mol. The van der Waals surface area contributed by atoms with Crippen molar-refractivity contribution in [1.82, 2.24) is 5.32 Å². The zero-order valence-corrected chi connectivity index (χ0v) is 11.4. The highest BCUT2D eigenvalue weighted by Gasteiger charge is 2.37. The van der Waals surface area contributed by atoms with E-state index in [1.165, 1.54) is 0 Å². The third-order valence-electron chi connectivity index (χ3n) is 3.91. The molecule has 2 N–H and O–H groups in total. The zero-order valence-electron chi connectivity index (χ0n) is 10.6. The Morgan fingerprint density at radius 2 is 1.94 bits per heavy atom. The first-order valence-corrected chi connectivity index (χ1v) is 7.82. The van der Waals surface area contributed by atoms with Gasteiger partial charge >= 0.3 is 5.97 Å². The standard InChI is InChI=1S/C13H21NO3S/c15-11(16)9-13(6-2-1-3-7-13)14-12(17)10-5-4-8-18-10/h10H,1-9H2,(H,14,17)(H,15,16). The molecule has 0 radical (unpaired) electrons. The molecule has 1 atom stereocenters. The number of hydrogen-bond acceptors (Lipinski definition) is 3. The molecule has 1 aliphatic carbocycles. The van der Waals surface area contributed by atoms with Crippen molar-refractivity contribution in [2.75, 3.05) is 5.75 Å². The maximum absolute atomic E-state index is 12.2. The highest BCUT2D eigenvalue weighted by atomic mass is 32.2. The molecule has 0 spiro atoms. The molecule has 5 heteroatoms. The number of amides is 1. The molecular weight excluding hydrogens is 250 g/mol. The Labute approximate surface area is 112 Å². The first-order chi connectivity index (χ1) is 8.61. The normalized spacial score (nSPS) is 26.8. The van der Waals surface area contributed by atoms with Crippen LogP contribution in [0.2, 0.25) is 0 Å². The number of thioether (sulfide) groups is 1. The van der Waals surface area contributed by atoms with E-state index in [1.807, 2.05) is 0 Å². The van der Waals surface area contributed by atoms with Gasteiger partial charge in [-0.05, 0) is 31.4 Å². The molecule has 1 heterocycles. The SMILES string of the molecule is O=C(O)CC1(NC(=O)C2CCCS2)CCCCC1. The number of carboxylic acid groups (broad SMARTS) is 1. The van der Waals surface area contributed by atoms with Crippen molar-refractivity contribution in [2.24, 2.45) is 0 Å². The van der Waals surface area contributed by atoms with Gasteiger partial charge in [0.1, 0.15) is 0 Å². The van der Waals surface area contributed by atoms with Crippen LogP contribution in [0.15, 0.2) is 0 Å². The minimum Gasteiger partial charge on any atom is -0.481 e. The summed E-state index contributed by atoms with van der Waals surface area (Å²) < 4.78 is 0. The second-order valence-electron chi connectivity index (χ2n) is 5.40. The second kappa shape index (κ2) is 5.95. The number of nitrogens with one attached hydrogen (secondary N) is 1. The summed E-state index contributed by atoms with van der Waals surface area (Å²) in [6.07, 6.45) is 6.89. The molecule has 1 aliphatic heterocycles. The lowest BCUT2D eigenvalue weighted by Gasteiger charge is -2.37. The Hall–Kier alpha value is -0.710. The largest absolute Gasteiger partial charge is 0.481 e. The van der Waals surface area contributed by atoms with E-state index in [1.54, 1.807) is 11.8 Å². The van der Waals surface area contributed by atoms with Gasteiger partial charge in [-0.15, -0.1) is 11.8 Å². The molecule has 102 valence electrons. The molecule has 1 unspecified atom stereocenters. The van der Waals surface area contributed by atoms with Crippen LogP contribution in [-0.4, -0.2) is 33.5 Å². The highest BCUT2D eigenvalue weighted by Crippen LogP contribution is 2.33. The minimum absolute atomic E-state index is 0.0394. The fraction of sp³-hybridized carbons (Fsp3) is 0.846. The van der Waals surface area contributed by atoms with E-state index in [9.17, 15) is 9.59 Å². The molecule has 18 heavy (non-hydrogen) atoms. The first kappa shape index (κ1) is 13.7. The summed E-state index contributed by atoms with van der Waals surface area (Å²) in [5.41, 5.74) is -0.482. The maximum Gasteiger partial charge on any atom is 0.305 e. The van der Waals surface area contributed by atoms with Crippen molar-refractivity contribution >= 4 is 23.6 Å². The molecule has 2 aliphatic rings. The van der Waals surface area contributed by atoms with E-state index in [0.717, 1.165) is 50.7 Å². The average Bonchev–Trinajstić information content (AvgIpc) is 2.82. The summed E-state index contributed by atoms with van der Waals surface area (Å²) in [5.74, 6) is 0.293. The van der Waals surface area contributed by atoms with Crippen molar-refractivity contribution in [3.05, 3.63) is 0 Å². The van der Waals surface area contributed by atoms with Gasteiger partial charge in [-0.2, -0.15) is 0 Å². The van der Waals surface area contributed by atoms with E-state index in [-0.39, 0.29) is 17.6 Å². The lowest BCUT2D eigenvalue weighted by molar-refractivity contribution is -0.139. The molecule has 4 nitrogen and oxygen atoms in total. The third-order valence-corrected chi connectivity index (χ3v) is 5.29. The van der Waals surface area contributed by atoms with Gasteiger partial charge in [0.25, 0.3) is 0 Å². The molecule has 0 aromatic rings. The van der Waals surface area contributed by atoms with Crippen LogP contribution in [0.4, 0.5) is 0 Å². The van der Waals surface area contributed by atoms with E-state index in [0.29, 0.717) is 0 Å². The monoisotopic (exact) mass is 271 g/mol. The van der Waals surface area contributed by atoms with Gasteiger partial charge in [0, 0.05) is 0 Å². The summed E-state index contributed by atoms with van der Waals surface area (Å²) in [6.45, 7) is 0. The summed E-state index contributed by atoms with van der Waals surface area (Å²) in [7, 11) is 0. The van der Waals surface area contributed by atoms with Crippen molar-refractivity contribution in [2.45, 2.75) is 62.2 Å². The number of carboxylic acids is 1. The molecule has 1 amide bonds. The topological polar surface area (TPSA) is 66.4 Å². The molecule has 0 aromatic carbocycles. The van der Waals surface area contributed by atoms with Crippen LogP contribution < -0.4 is 5.32 Å². The molecule has 0 aromatic heterocycles. The smallest absolute Gasteiger partial charge is 0.305 e. The summed E-state index contributed by atoms with van der Waals surface area (Å²) in [6, 6.07) is 0. The fourth-order valence-electron chi connectivity index (χ4n) is 2.99. The zero-order chi connectivity index (χ0) is 13.0. The van der Waals surface area contributed by atoms with Crippen LogP contribution in [0.5, 0.6) is 0 Å². The number of aliphatic carboxylic acids is 1. The molecular formula is C13H21NO3S. The van der Waals surface area contributed by atoms with Gasteiger partial charge in [-0.1, -0.05) is 19.3 Å². The molecule has 2 fully saturated rings. The predicted octanol–water partition coefficient (Wildman–Crippen LogP) is 2.18. The van der Waals surface area contributed by atoms with Crippen LogP contribution in [0.1, 0.15) is 51.4 Å². The number of carbonyl (C=O) groups excluding carboxylic acids is 1. The van der Waals surface area contributed by atoms with Crippen LogP contribution in [0.3, 0.4) is 0 Å². The van der Waals surface area contributed by atoms with Crippen LogP contribution in [0, 0.1) is 0 Å². The Balaban J connectivity index is 1.99. The van der Waals surface area contributed by atoms with Gasteiger partial charge in [0.05, 0.1) is 17.2 Å². The van der Waals surface area contributed by atoms with Gasteiger partial charge in [-0.25, -0.2) is 0 Å². The third kappa shape index (κ3) is 3.40. The molecule has 1 saturated heterocycles. The Bertz CT molecular complexity index is 320. The molecule has 1 saturated carbocycles. The van der Waals surface area contributed by atoms with Crippen molar-refractivity contribution in [3.63, 3.8) is 0 Å². The van der Waals surface area contributed by atoms with E-state index >= 15 is 0 Å². The van der Waals surface area contributed by atoms with Crippen LogP contribution in [0.25, 0.3) is 0 Å². The quantitative estimate of drug-likeness (QED) is 0.822. The summed E-state index contributed by atoms with van der Waals surface area (Å²) in [4.78, 5) is 23.2. The van der Waals surface area contributed by atoms with Crippen molar-refractivity contribution < 1.29 is 14.7 Å². The highest BCUT2D eigenvalue weighted by molar-refractivity contribution is 8.00. The predicted molar refractivity (Wildman–Crippen MR) is 71.7 cm³/mol. The molecule has 0 bridgehead atoms. The maximum atomic E-state index is 12.2. The van der Waals surface area contributed by atoms with Crippen molar-refractivity contribution in [1.29, 1.82) is 0 Å². The summed E-state index contributed by atoms with van der Waals surface area (Å²) >= 11 is 1.70. The van der Waals surface area contributed by atoms with Gasteiger partial charge in [0.2, 0.25) is 5.91 Å². The number of hydrogen-bond donors (Lipinski definition) is 2. The molecule has 2 rings (SSSR count). The number of rotatable bonds is 4. The lowest BCUT2D eigenvalue weighted by Crippen LogP contribution is -2.53. The second-order valence-corrected chi connectivity index (χ2v) is 6.71. The number of carbonyl (C=O) groups is 2. The fourth-order valence-corrected chi connectivity index (χ4v) is 4.15. The van der Waals surface area contributed by atoms with Crippen molar-refractivity contribution in [3.8, 4) is 0 Å². The van der Waals surface area contributed by atoms with Crippen LogP contribution >= 0.6 is 11.8 Å². The van der Waals surface area contributed by atoms with E-state index in [2.05, 4.69) is 5.32 Å². The Morgan fingerprint density at radius 1 is 1.22 bits per heavy atom. The van der Waals surface area contributed by atoms with E-state index in [4.69, 9.17) is 5.11 Å². The van der Waals surface area contributed by atoms with Gasteiger partial charge in [-0.3, -0.25) is 9.59 Å². The first-order valence-electron chi connectivity index (χ1n) is 6.77. The Kier molecular flexibility index (Phi) is 4.54. The Morgan fingerprint density at radius 3 is 2.50 bits per heavy atom. The minimum atomic E-state index is -0.809. The summed E-state index contributed by atoms with van der Waals surface area (Å²) in [5, 5.41) is 12.2. The van der Waals surface area contributed by atoms with E-state index < -0.39 is 11.5 Å².